The summed E-state index contributed by atoms with van der Waals surface area (Å²) in [5, 5.41) is -0.463. The fraction of sp³-hybridized carbons (Fsp3) is 0.435. The Kier molecular flexibility index (Phi) is 5.87. The normalized spacial score (nSPS) is 20.4. The predicted molar refractivity (Wildman–Crippen MR) is 121 cm³/mol. The van der Waals surface area contributed by atoms with E-state index in [1.54, 1.807) is 6.08 Å². The van der Waals surface area contributed by atoms with Crippen molar-refractivity contribution in [1.29, 1.82) is 0 Å². The summed E-state index contributed by atoms with van der Waals surface area (Å²) in [6.45, 7) is 13.0. The third-order valence-electron chi connectivity index (χ3n) is 5.72. The Hall–Kier alpha value is -2.54. The summed E-state index contributed by atoms with van der Waals surface area (Å²) in [6.07, 6.45) is 4.00. The smallest absolute Gasteiger partial charge is 0.328 e. The van der Waals surface area contributed by atoms with Gasteiger partial charge in [-0.15, -0.1) is 0 Å². The van der Waals surface area contributed by atoms with Gasteiger partial charge in [-0.1, -0.05) is 6.08 Å². The molecule has 6 nitrogen and oxygen atoms in total. The van der Waals surface area contributed by atoms with Crippen molar-refractivity contribution < 1.29 is 19.1 Å². The molecule has 30 heavy (non-hydrogen) atoms. The van der Waals surface area contributed by atoms with Crippen LogP contribution in [0.15, 0.2) is 23.1 Å². The van der Waals surface area contributed by atoms with Crippen LogP contribution in [0, 0.1) is 6.92 Å². The van der Waals surface area contributed by atoms with Gasteiger partial charge in [0.25, 0.3) is 11.1 Å². The molecule has 0 aromatic heterocycles. The van der Waals surface area contributed by atoms with Gasteiger partial charge in [0.15, 0.2) is 0 Å². The van der Waals surface area contributed by atoms with Gasteiger partial charge in [-0.25, -0.2) is 4.79 Å². The summed E-state index contributed by atoms with van der Waals surface area (Å²) >= 11 is 0.850. The molecule has 1 atom stereocenters. The van der Waals surface area contributed by atoms with E-state index in [2.05, 4.69) is 55.5 Å². The number of nitrogens with zero attached hydrogens (tertiary/aromatic N) is 2. The second-order valence-electron chi connectivity index (χ2n) is 8.20. The van der Waals surface area contributed by atoms with Gasteiger partial charge in [-0.05, 0) is 88.2 Å². The zero-order valence-electron chi connectivity index (χ0n) is 18.5. The SMILES string of the molecule is CCN1c2cc(C)c(/C=C3/SC(=O)N([C@@H](C)C(=O)OC)C3=O)cc2C(C)=CC1(C)C. The minimum Gasteiger partial charge on any atom is -0.467 e. The van der Waals surface area contributed by atoms with Crippen molar-refractivity contribution in [2.24, 2.45) is 0 Å². The Morgan fingerprint density at radius 1 is 1.27 bits per heavy atom. The van der Waals surface area contributed by atoms with Gasteiger partial charge in [0.1, 0.15) is 6.04 Å². The first-order valence-electron chi connectivity index (χ1n) is 9.98. The van der Waals surface area contributed by atoms with Crippen LogP contribution in [0.25, 0.3) is 11.6 Å². The van der Waals surface area contributed by atoms with Gasteiger partial charge in [-0.2, -0.15) is 0 Å². The van der Waals surface area contributed by atoms with Crippen molar-refractivity contribution in [1.82, 2.24) is 4.90 Å². The molecule has 1 fully saturated rings. The average Bonchev–Trinajstić information content (AvgIpc) is 2.94. The van der Waals surface area contributed by atoms with E-state index in [9.17, 15) is 14.4 Å². The Balaban J connectivity index is 2.02. The molecule has 0 spiro atoms. The highest BCUT2D eigenvalue weighted by molar-refractivity contribution is 8.18. The number of hydrogen-bond donors (Lipinski definition) is 0. The lowest BCUT2D eigenvalue weighted by Gasteiger charge is -2.43. The Bertz CT molecular complexity index is 993. The highest BCUT2D eigenvalue weighted by Crippen LogP contribution is 2.41. The number of esters is 1. The van der Waals surface area contributed by atoms with E-state index < -0.39 is 23.2 Å². The maximum atomic E-state index is 12.8. The number of fused-ring (bicyclic) bond motifs is 1. The van der Waals surface area contributed by atoms with E-state index in [-0.39, 0.29) is 5.54 Å². The lowest BCUT2D eigenvalue weighted by Crippen LogP contribution is -2.44. The number of likely N-dealkylation sites (N-methyl/N-ethyl adjacent to an activating group) is 1. The van der Waals surface area contributed by atoms with Crippen LogP contribution >= 0.6 is 11.8 Å². The number of carbonyl (C=O) groups is 3. The molecule has 0 saturated carbocycles. The second kappa shape index (κ2) is 7.95. The van der Waals surface area contributed by atoms with Crippen molar-refractivity contribution in [2.45, 2.75) is 53.1 Å². The Morgan fingerprint density at radius 3 is 2.53 bits per heavy atom. The van der Waals surface area contributed by atoms with Gasteiger partial charge in [0, 0.05) is 17.8 Å². The molecule has 160 valence electrons. The number of allylic oxidation sites excluding steroid dienone is 1. The maximum absolute atomic E-state index is 12.8. The van der Waals surface area contributed by atoms with Gasteiger partial charge in [-0.3, -0.25) is 14.5 Å². The molecule has 0 N–H and O–H groups in total. The summed E-state index contributed by atoms with van der Waals surface area (Å²) in [6, 6.07) is 3.26. The minimum absolute atomic E-state index is 0.0769. The minimum atomic E-state index is -0.955. The summed E-state index contributed by atoms with van der Waals surface area (Å²) in [7, 11) is 1.24. The molecule has 2 aliphatic rings. The summed E-state index contributed by atoms with van der Waals surface area (Å²) in [5.74, 6) is -1.09. The van der Waals surface area contributed by atoms with Crippen LogP contribution in [0.3, 0.4) is 0 Å². The molecule has 1 saturated heterocycles. The van der Waals surface area contributed by atoms with Crippen LogP contribution in [0.4, 0.5) is 10.5 Å². The van der Waals surface area contributed by atoms with Crippen LogP contribution in [0.2, 0.25) is 0 Å². The van der Waals surface area contributed by atoms with Crippen LogP contribution in [0.5, 0.6) is 0 Å². The number of benzene rings is 1. The van der Waals surface area contributed by atoms with E-state index in [0.717, 1.165) is 39.9 Å². The largest absolute Gasteiger partial charge is 0.467 e. The molecule has 1 aromatic carbocycles. The highest BCUT2D eigenvalue weighted by Gasteiger charge is 2.41. The van der Waals surface area contributed by atoms with Gasteiger partial charge in [0.2, 0.25) is 0 Å². The standard InChI is InChI=1S/C23H28N2O4S/c1-8-24-18-9-13(2)16(10-17(18)14(3)12-23(24,5)6)11-19-20(26)25(22(28)30-19)15(4)21(27)29-7/h9-12,15H,8H2,1-7H3/b19-11+/t15-/m0/s1. The van der Waals surface area contributed by atoms with Crippen molar-refractivity contribution >= 4 is 46.2 Å². The van der Waals surface area contributed by atoms with E-state index in [0.29, 0.717) is 4.91 Å². The number of imide groups is 1. The fourth-order valence-corrected chi connectivity index (χ4v) is 5.11. The molecule has 0 bridgehead atoms. The van der Waals surface area contributed by atoms with E-state index in [1.807, 2.05) is 6.92 Å². The number of aryl methyl sites for hydroxylation is 1. The highest BCUT2D eigenvalue weighted by atomic mass is 32.2. The van der Waals surface area contributed by atoms with E-state index >= 15 is 0 Å². The molecule has 0 aliphatic carbocycles. The van der Waals surface area contributed by atoms with Crippen molar-refractivity contribution in [2.75, 3.05) is 18.6 Å². The van der Waals surface area contributed by atoms with Crippen LogP contribution in [0.1, 0.15) is 51.3 Å². The summed E-state index contributed by atoms with van der Waals surface area (Å²) in [5.41, 5.74) is 5.30. The molecule has 0 unspecified atom stereocenters. The van der Waals surface area contributed by atoms with E-state index in [1.165, 1.54) is 25.3 Å². The number of methoxy groups -OCH3 is 1. The first-order chi connectivity index (χ1) is 14.0. The van der Waals surface area contributed by atoms with E-state index in [4.69, 9.17) is 0 Å². The lowest BCUT2D eigenvalue weighted by molar-refractivity contribution is -0.148. The summed E-state index contributed by atoms with van der Waals surface area (Å²) in [4.78, 5) is 40.6. The lowest BCUT2D eigenvalue weighted by atomic mass is 9.87. The molecule has 3 rings (SSSR count). The number of amides is 2. The number of anilines is 1. The van der Waals surface area contributed by atoms with Crippen LogP contribution < -0.4 is 4.90 Å². The second-order valence-corrected chi connectivity index (χ2v) is 9.20. The third-order valence-corrected chi connectivity index (χ3v) is 6.61. The number of carbonyl (C=O) groups excluding carboxylic acids is 3. The molecule has 2 amide bonds. The molecular weight excluding hydrogens is 400 g/mol. The first kappa shape index (κ1) is 22.2. The average molecular weight is 429 g/mol. The number of rotatable bonds is 4. The van der Waals surface area contributed by atoms with Gasteiger partial charge < -0.3 is 9.64 Å². The number of hydrogen-bond acceptors (Lipinski definition) is 6. The first-order valence-corrected chi connectivity index (χ1v) is 10.8. The zero-order valence-corrected chi connectivity index (χ0v) is 19.3. The molecule has 0 radical (unpaired) electrons. The number of thioether (sulfide) groups is 1. The van der Waals surface area contributed by atoms with Gasteiger partial charge >= 0.3 is 5.97 Å². The Morgan fingerprint density at radius 2 is 1.93 bits per heavy atom. The number of ether oxygens (including phenoxy) is 1. The zero-order chi connectivity index (χ0) is 22.4. The van der Waals surface area contributed by atoms with Crippen molar-refractivity contribution in [3.8, 4) is 0 Å². The molecule has 2 aliphatic heterocycles. The topological polar surface area (TPSA) is 66.9 Å². The van der Waals surface area contributed by atoms with Crippen LogP contribution in [-0.4, -0.2) is 47.3 Å². The maximum Gasteiger partial charge on any atom is 0.328 e. The quantitative estimate of drug-likeness (QED) is 0.515. The fourth-order valence-electron chi connectivity index (χ4n) is 4.21. The molecule has 7 heteroatoms. The van der Waals surface area contributed by atoms with Crippen molar-refractivity contribution in [3.63, 3.8) is 0 Å². The third kappa shape index (κ3) is 3.67. The van der Waals surface area contributed by atoms with Crippen LogP contribution in [-0.2, 0) is 14.3 Å². The predicted octanol–water partition coefficient (Wildman–Crippen LogP) is 4.61. The summed E-state index contributed by atoms with van der Waals surface area (Å²) < 4.78 is 4.68. The molecule has 2 heterocycles. The Labute approximate surface area is 181 Å². The van der Waals surface area contributed by atoms with Gasteiger partial charge in [0.05, 0.1) is 17.6 Å². The molecule has 1 aromatic rings. The molecular formula is C23H28N2O4S. The monoisotopic (exact) mass is 428 g/mol. The van der Waals surface area contributed by atoms with Crippen molar-refractivity contribution in [3.05, 3.63) is 39.8 Å².